The molecule has 6 heteroatoms. The predicted molar refractivity (Wildman–Crippen MR) is 75.6 cm³/mol. The molecule has 0 spiro atoms. The molecule has 1 rings (SSSR count). The van der Waals surface area contributed by atoms with E-state index in [0.717, 1.165) is 18.5 Å². The molecule has 100 valence electrons. The Balaban J connectivity index is 2.90. The van der Waals surface area contributed by atoms with Gasteiger partial charge in [0.2, 0.25) is 0 Å². The molecule has 0 aliphatic carbocycles. The van der Waals surface area contributed by atoms with Crippen molar-refractivity contribution in [2.24, 2.45) is 12.8 Å². The standard InChI is InChI=1S/C12H20N4OS/c1-5-6-9(11(13)18)14-12(17)10-7(2)15-16(4)8(10)3/h9H,5-6H2,1-4H3,(H2,13,18)(H,14,17). The molecule has 0 saturated heterocycles. The van der Waals surface area contributed by atoms with Crippen LogP contribution in [0.2, 0.25) is 0 Å². The van der Waals surface area contributed by atoms with Crippen LogP contribution in [0.1, 0.15) is 41.5 Å². The van der Waals surface area contributed by atoms with Crippen LogP contribution in [0.15, 0.2) is 0 Å². The van der Waals surface area contributed by atoms with Crippen LogP contribution in [0.25, 0.3) is 0 Å². The van der Waals surface area contributed by atoms with Crippen LogP contribution >= 0.6 is 12.2 Å². The first-order chi connectivity index (χ1) is 8.38. The number of carbonyl (C=O) groups excluding carboxylic acids is 1. The van der Waals surface area contributed by atoms with Crippen LogP contribution in [-0.2, 0) is 7.05 Å². The third kappa shape index (κ3) is 3.07. The van der Waals surface area contributed by atoms with E-state index < -0.39 is 0 Å². The second kappa shape index (κ2) is 5.95. The van der Waals surface area contributed by atoms with E-state index >= 15 is 0 Å². The van der Waals surface area contributed by atoms with Gasteiger partial charge in [0.25, 0.3) is 5.91 Å². The van der Waals surface area contributed by atoms with E-state index in [9.17, 15) is 4.79 Å². The fraction of sp³-hybridized carbons (Fsp3) is 0.583. The minimum absolute atomic E-state index is 0.163. The average molecular weight is 268 g/mol. The van der Waals surface area contributed by atoms with Gasteiger partial charge in [-0.05, 0) is 20.3 Å². The Morgan fingerprint density at radius 2 is 2.17 bits per heavy atom. The quantitative estimate of drug-likeness (QED) is 0.788. The lowest BCUT2D eigenvalue weighted by atomic mass is 10.1. The number of nitrogens with zero attached hydrogens (tertiary/aromatic N) is 2. The zero-order chi connectivity index (χ0) is 13.9. The van der Waals surface area contributed by atoms with Gasteiger partial charge < -0.3 is 11.1 Å². The number of carbonyl (C=O) groups is 1. The van der Waals surface area contributed by atoms with Gasteiger partial charge in [-0.1, -0.05) is 25.6 Å². The third-order valence-corrected chi connectivity index (χ3v) is 3.25. The number of amides is 1. The molecule has 0 aliphatic rings. The SMILES string of the molecule is CCCC(NC(=O)c1c(C)nn(C)c1C)C(N)=S. The highest BCUT2D eigenvalue weighted by atomic mass is 32.1. The summed E-state index contributed by atoms with van der Waals surface area (Å²) in [6.45, 7) is 5.71. The molecule has 1 aromatic heterocycles. The maximum Gasteiger partial charge on any atom is 0.255 e. The lowest BCUT2D eigenvalue weighted by Crippen LogP contribution is -2.43. The van der Waals surface area contributed by atoms with E-state index in [0.29, 0.717) is 16.2 Å². The van der Waals surface area contributed by atoms with Gasteiger partial charge >= 0.3 is 0 Å². The number of aromatic nitrogens is 2. The highest BCUT2D eigenvalue weighted by molar-refractivity contribution is 7.80. The Labute approximate surface area is 113 Å². The second-order valence-electron chi connectivity index (χ2n) is 4.39. The molecule has 0 fully saturated rings. The number of nitrogens with one attached hydrogen (secondary N) is 1. The van der Waals surface area contributed by atoms with Crippen molar-refractivity contribution in [1.82, 2.24) is 15.1 Å². The fourth-order valence-corrected chi connectivity index (χ4v) is 2.08. The number of rotatable bonds is 5. The van der Waals surface area contributed by atoms with E-state index in [1.54, 1.807) is 4.68 Å². The molecule has 1 heterocycles. The molecule has 3 N–H and O–H groups in total. The normalized spacial score (nSPS) is 12.2. The molecular formula is C12H20N4OS. The van der Waals surface area contributed by atoms with E-state index in [1.807, 2.05) is 27.8 Å². The number of thiocarbonyl (C=S) groups is 1. The maximum absolute atomic E-state index is 12.2. The molecule has 1 aromatic rings. The molecule has 0 aromatic carbocycles. The van der Waals surface area contributed by atoms with Crippen LogP contribution in [0.3, 0.4) is 0 Å². The first-order valence-corrected chi connectivity index (χ1v) is 6.39. The minimum Gasteiger partial charge on any atom is -0.392 e. The maximum atomic E-state index is 12.2. The van der Waals surface area contributed by atoms with E-state index in [1.165, 1.54) is 0 Å². The number of hydrogen-bond acceptors (Lipinski definition) is 3. The number of nitrogens with two attached hydrogens (primary N) is 1. The highest BCUT2D eigenvalue weighted by Gasteiger charge is 2.21. The van der Waals surface area contributed by atoms with Crippen LogP contribution in [0.4, 0.5) is 0 Å². The van der Waals surface area contributed by atoms with E-state index in [4.69, 9.17) is 18.0 Å². The number of aryl methyl sites for hydroxylation is 2. The zero-order valence-electron chi connectivity index (χ0n) is 11.3. The molecule has 1 amide bonds. The molecule has 1 atom stereocenters. The summed E-state index contributed by atoms with van der Waals surface area (Å²) in [4.78, 5) is 12.5. The zero-order valence-corrected chi connectivity index (χ0v) is 12.1. The van der Waals surface area contributed by atoms with Crippen molar-refractivity contribution in [3.05, 3.63) is 17.0 Å². The highest BCUT2D eigenvalue weighted by Crippen LogP contribution is 2.12. The molecule has 0 saturated carbocycles. The topological polar surface area (TPSA) is 72.9 Å². The van der Waals surface area contributed by atoms with Crippen LogP contribution < -0.4 is 11.1 Å². The van der Waals surface area contributed by atoms with Crippen molar-refractivity contribution in [3.63, 3.8) is 0 Å². The van der Waals surface area contributed by atoms with Gasteiger partial charge in [0.05, 0.1) is 22.3 Å². The van der Waals surface area contributed by atoms with Crippen LogP contribution in [-0.4, -0.2) is 26.7 Å². The van der Waals surface area contributed by atoms with E-state index in [2.05, 4.69) is 10.4 Å². The Bertz CT molecular complexity index is 467. The summed E-state index contributed by atoms with van der Waals surface area (Å²) in [6.07, 6.45) is 1.66. The average Bonchev–Trinajstić information content (AvgIpc) is 2.52. The van der Waals surface area contributed by atoms with Crippen molar-refractivity contribution >= 4 is 23.1 Å². The van der Waals surface area contributed by atoms with Crippen molar-refractivity contribution in [1.29, 1.82) is 0 Å². The summed E-state index contributed by atoms with van der Waals surface area (Å²) in [6, 6.07) is -0.253. The summed E-state index contributed by atoms with van der Waals surface area (Å²) < 4.78 is 1.69. The lowest BCUT2D eigenvalue weighted by Gasteiger charge is -2.16. The van der Waals surface area contributed by atoms with Gasteiger partial charge in [-0.2, -0.15) is 5.10 Å². The predicted octanol–water partition coefficient (Wildman–Crippen LogP) is 1.22. The molecule has 5 nitrogen and oxygen atoms in total. The monoisotopic (exact) mass is 268 g/mol. The Hall–Kier alpha value is -1.43. The Morgan fingerprint density at radius 3 is 2.56 bits per heavy atom. The van der Waals surface area contributed by atoms with Gasteiger partial charge in [0.1, 0.15) is 0 Å². The molecule has 0 bridgehead atoms. The lowest BCUT2D eigenvalue weighted by molar-refractivity contribution is 0.0944. The summed E-state index contributed by atoms with van der Waals surface area (Å²) in [7, 11) is 1.82. The minimum atomic E-state index is -0.253. The molecular weight excluding hydrogens is 248 g/mol. The Morgan fingerprint density at radius 1 is 1.56 bits per heavy atom. The smallest absolute Gasteiger partial charge is 0.255 e. The first kappa shape index (κ1) is 14.6. The van der Waals surface area contributed by atoms with Gasteiger partial charge in [-0.3, -0.25) is 9.48 Å². The third-order valence-electron chi connectivity index (χ3n) is 2.96. The molecule has 0 aliphatic heterocycles. The summed E-state index contributed by atoms with van der Waals surface area (Å²) in [5, 5.41) is 7.09. The van der Waals surface area contributed by atoms with Gasteiger partial charge in [0, 0.05) is 12.7 Å². The van der Waals surface area contributed by atoms with Crippen LogP contribution in [0.5, 0.6) is 0 Å². The number of hydrogen-bond donors (Lipinski definition) is 2. The second-order valence-corrected chi connectivity index (χ2v) is 4.86. The van der Waals surface area contributed by atoms with Gasteiger partial charge in [0.15, 0.2) is 0 Å². The first-order valence-electron chi connectivity index (χ1n) is 5.98. The van der Waals surface area contributed by atoms with Crippen LogP contribution in [0, 0.1) is 13.8 Å². The van der Waals surface area contributed by atoms with E-state index in [-0.39, 0.29) is 11.9 Å². The fourth-order valence-electron chi connectivity index (χ4n) is 1.91. The summed E-state index contributed by atoms with van der Waals surface area (Å²) in [5.74, 6) is -0.163. The van der Waals surface area contributed by atoms with Gasteiger partial charge in [-0.15, -0.1) is 0 Å². The molecule has 1 unspecified atom stereocenters. The summed E-state index contributed by atoms with van der Waals surface area (Å²) >= 11 is 4.96. The molecule has 0 radical (unpaired) electrons. The van der Waals surface area contributed by atoms with Crippen molar-refractivity contribution in [2.45, 2.75) is 39.7 Å². The Kier molecular flexibility index (Phi) is 4.84. The van der Waals surface area contributed by atoms with Crippen molar-refractivity contribution in [3.8, 4) is 0 Å². The van der Waals surface area contributed by atoms with Gasteiger partial charge in [-0.25, -0.2) is 0 Å². The molecule has 18 heavy (non-hydrogen) atoms. The van der Waals surface area contributed by atoms with Crippen molar-refractivity contribution < 1.29 is 4.79 Å². The van der Waals surface area contributed by atoms with Crippen molar-refractivity contribution in [2.75, 3.05) is 0 Å². The summed E-state index contributed by atoms with van der Waals surface area (Å²) in [5.41, 5.74) is 7.78. The largest absolute Gasteiger partial charge is 0.392 e.